The first kappa shape index (κ1) is 27.3. The van der Waals surface area contributed by atoms with Gasteiger partial charge in [-0.25, -0.2) is 9.78 Å². The van der Waals surface area contributed by atoms with E-state index in [1.165, 1.54) is 0 Å². The Morgan fingerprint density at radius 1 is 0.875 bits per heavy atom. The Kier molecular flexibility index (Phi) is 7.81. The Morgan fingerprint density at radius 3 is 1.95 bits per heavy atom. The number of aliphatic hydroxyl groups excluding tert-OH is 2. The number of nitrogen functional groups attached to an aromatic ring is 1. The van der Waals surface area contributed by atoms with Crippen LogP contribution in [0.2, 0.25) is 0 Å². The Morgan fingerprint density at radius 2 is 1.43 bits per heavy atom. The van der Waals surface area contributed by atoms with Gasteiger partial charge in [-0.2, -0.15) is 4.98 Å². The monoisotopic (exact) mass is 546 g/mol. The van der Waals surface area contributed by atoms with Crippen LogP contribution in [0, 0.1) is 0 Å². The van der Waals surface area contributed by atoms with Gasteiger partial charge in [-0.1, -0.05) is 54.6 Å². The van der Waals surface area contributed by atoms with Crippen molar-refractivity contribution in [2.75, 3.05) is 26.6 Å². The molecule has 1 saturated heterocycles. The minimum atomic E-state index is -1.44. The number of hydrogen-bond acceptors (Lipinski definition) is 10. The second-order valence-electron chi connectivity index (χ2n) is 9.27. The first-order chi connectivity index (χ1) is 19.4. The minimum Gasteiger partial charge on any atom is -0.497 e. The molecule has 4 N–H and O–H groups in total. The first-order valence-electron chi connectivity index (χ1n) is 12.6. The van der Waals surface area contributed by atoms with E-state index in [-0.39, 0.29) is 12.6 Å². The summed E-state index contributed by atoms with van der Waals surface area (Å²) in [6.07, 6.45) is -3.91. The van der Waals surface area contributed by atoms with Gasteiger partial charge >= 0.3 is 5.69 Å². The predicted molar refractivity (Wildman–Crippen MR) is 145 cm³/mol. The molecule has 1 aromatic heterocycles. The highest BCUT2D eigenvalue weighted by Gasteiger charge is 2.46. The van der Waals surface area contributed by atoms with E-state index < -0.39 is 35.8 Å². The minimum absolute atomic E-state index is 0.147. The van der Waals surface area contributed by atoms with Gasteiger partial charge in [0.25, 0.3) is 0 Å². The average molecular weight is 547 g/mol. The van der Waals surface area contributed by atoms with Gasteiger partial charge in [0.2, 0.25) is 5.95 Å². The molecule has 0 saturated carbocycles. The van der Waals surface area contributed by atoms with E-state index in [4.69, 9.17) is 24.7 Å². The Hall–Kier alpha value is -4.29. The predicted octanol–water partition coefficient (Wildman–Crippen LogP) is 1.87. The van der Waals surface area contributed by atoms with Gasteiger partial charge in [0.15, 0.2) is 6.23 Å². The molecule has 11 nitrogen and oxygen atoms in total. The largest absolute Gasteiger partial charge is 0.497 e. The molecular formula is C29H30N4O7. The van der Waals surface area contributed by atoms with E-state index >= 15 is 0 Å². The number of aromatic nitrogens is 3. The third-order valence-corrected chi connectivity index (χ3v) is 6.99. The third kappa shape index (κ3) is 5.03. The van der Waals surface area contributed by atoms with Crippen molar-refractivity contribution in [3.05, 3.63) is 112 Å². The number of nitrogens with zero attached hydrogens (tertiary/aromatic N) is 3. The van der Waals surface area contributed by atoms with Crippen LogP contribution in [0.1, 0.15) is 22.9 Å². The molecule has 2 heterocycles. The Labute approximate surface area is 230 Å². The van der Waals surface area contributed by atoms with Crippen LogP contribution in [-0.4, -0.2) is 63.9 Å². The number of anilines is 1. The van der Waals surface area contributed by atoms with Crippen LogP contribution in [0.15, 0.2) is 90.0 Å². The lowest BCUT2D eigenvalue weighted by molar-refractivity contribution is -0.0960. The molecule has 0 aliphatic carbocycles. The first-order valence-corrected chi connectivity index (χ1v) is 12.6. The molecule has 40 heavy (non-hydrogen) atoms. The van der Waals surface area contributed by atoms with E-state index in [1.807, 2.05) is 78.9 Å². The average Bonchev–Trinajstić information content (AvgIpc) is 3.27. The van der Waals surface area contributed by atoms with Gasteiger partial charge in [0, 0.05) is 0 Å². The quantitative estimate of drug-likeness (QED) is 0.265. The van der Waals surface area contributed by atoms with Crippen molar-refractivity contribution in [3.8, 4) is 11.5 Å². The maximum Gasteiger partial charge on any atom is 0.354 e. The second-order valence-corrected chi connectivity index (χ2v) is 9.27. The number of methoxy groups -OCH3 is 2. The number of aliphatic hydroxyl groups is 2. The van der Waals surface area contributed by atoms with E-state index in [9.17, 15) is 15.0 Å². The molecule has 4 atom stereocenters. The van der Waals surface area contributed by atoms with Gasteiger partial charge in [-0.3, -0.25) is 4.57 Å². The van der Waals surface area contributed by atoms with Crippen LogP contribution in [-0.2, 0) is 15.1 Å². The molecule has 1 fully saturated rings. The molecule has 208 valence electrons. The van der Waals surface area contributed by atoms with Crippen LogP contribution in [0.3, 0.4) is 0 Å². The van der Waals surface area contributed by atoms with Gasteiger partial charge < -0.3 is 34.9 Å². The molecule has 1 aliphatic heterocycles. The van der Waals surface area contributed by atoms with Crippen molar-refractivity contribution in [3.63, 3.8) is 0 Å². The zero-order valence-corrected chi connectivity index (χ0v) is 22.0. The smallest absolute Gasteiger partial charge is 0.354 e. The fourth-order valence-electron chi connectivity index (χ4n) is 4.91. The molecule has 11 heteroatoms. The fourth-order valence-corrected chi connectivity index (χ4v) is 4.91. The van der Waals surface area contributed by atoms with Crippen LogP contribution < -0.4 is 20.9 Å². The summed E-state index contributed by atoms with van der Waals surface area (Å²) < 4.78 is 24.4. The van der Waals surface area contributed by atoms with Crippen LogP contribution in [0.25, 0.3) is 0 Å². The standard InChI is InChI=1S/C29H30N4O7/c1-37-21-12-8-19(9-13-21)29(18-6-4-3-5-7-18,20-10-14-22(38-2)15-11-20)39-16-23-24(34)25(35)26(40-23)33-17-31-27(30)32-28(33)36/h3-15,17,23-26,34-35H,16H2,1-2H3,(H2,30,32,36)/t23-,24?,25?,26-/m1/s1. The summed E-state index contributed by atoms with van der Waals surface area (Å²) in [7, 11) is 3.19. The highest BCUT2D eigenvalue weighted by atomic mass is 16.6. The van der Waals surface area contributed by atoms with Crippen molar-refractivity contribution in [2.45, 2.75) is 30.1 Å². The van der Waals surface area contributed by atoms with Crippen molar-refractivity contribution in [1.82, 2.24) is 14.5 Å². The van der Waals surface area contributed by atoms with E-state index in [1.54, 1.807) is 14.2 Å². The highest BCUT2D eigenvalue weighted by molar-refractivity contribution is 5.49. The molecule has 3 aromatic carbocycles. The van der Waals surface area contributed by atoms with Gasteiger partial charge in [0.05, 0.1) is 20.8 Å². The SMILES string of the molecule is COc1ccc(C(OC[C@H]2O[C@@H](n3cnc(N)nc3=O)C(O)C2O)(c2ccccc2)c2ccc(OC)cc2)cc1. The summed E-state index contributed by atoms with van der Waals surface area (Å²) in [6.45, 7) is -0.147. The van der Waals surface area contributed by atoms with Gasteiger partial charge in [0.1, 0.15) is 41.7 Å². The third-order valence-electron chi connectivity index (χ3n) is 6.99. The summed E-state index contributed by atoms with van der Waals surface area (Å²) >= 11 is 0. The molecule has 1 aliphatic rings. The number of rotatable bonds is 9. The van der Waals surface area contributed by atoms with Crippen LogP contribution >= 0.6 is 0 Å². The van der Waals surface area contributed by atoms with E-state index in [0.29, 0.717) is 11.5 Å². The van der Waals surface area contributed by atoms with Crippen molar-refractivity contribution in [1.29, 1.82) is 0 Å². The molecule has 2 unspecified atom stereocenters. The van der Waals surface area contributed by atoms with Gasteiger partial charge in [-0.15, -0.1) is 0 Å². The molecular weight excluding hydrogens is 516 g/mol. The van der Waals surface area contributed by atoms with E-state index in [0.717, 1.165) is 27.6 Å². The normalized spacial score (nSPS) is 20.8. The fraction of sp³-hybridized carbons (Fsp3) is 0.276. The number of ether oxygens (including phenoxy) is 4. The summed E-state index contributed by atoms with van der Waals surface area (Å²) in [4.78, 5) is 19.8. The zero-order valence-electron chi connectivity index (χ0n) is 22.0. The highest BCUT2D eigenvalue weighted by Crippen LogP contribution is 2.42. The maximum atomic E-state index is 12.4. The van der Waals surface area contributed by atoms with Crippen LogP contribution in [0.4, 0.5) is 5.95 Å². The van der Waals surface area contributed by atoms with Crippen molar-refractivity contribution >= 4 is 5.95 Å². The molecule has 4 aromatic rings. The lowest BCUT2D eigenvalue weighted by Gasteiger charge is -2.37. The Balaban J connectivity index is 1.55. The molecule has 0 bridgehead atoms. The topological polar surface area (TPSA) is 151 Å². The number of nitrogens with two attached hydrogens (primary N) is 1. The molecule has 0 radical (unpaired) electrons. The molecule has 0 spiro atoms. The summed E-state index contributed by atoms with van der Waals surface area (Å²) in [5, 5.41) is 21.7. The van der Waals surface area contributed by atoms with Crippen molar-refractivity contribution < 1.29 is 29.2 Å². The zero-order chi connectivity index (χ0) is 28.3. The van der Waals surface area contributed by atoms with Gasteiger partial charge in [-0.05, 0) is 41.0 Å². The number of hydrogen-bond donors (Lipinski definition) is 3. The van der Waals surface area contributed by atoms with Crippen LogP contribution in [0.5, 0.6) is 11.5 Å². The lowest BCUT2D eigenvalue weighted by Crippen LogP contribution is -2.39. The summed E-state index contributed by atoms with van der Waals surface area (Å²) in [5.41, 5.74) is 5.96. The lowest BCUT2D eigenvalue weighted by atomic mass is 9.80. The Bertz CT molecular complexity index is 1430. The van der Waals surface area contributed by atoms with Crippen molar-refractivity contribution in [2.24, 2.45) is 0 Å². The summed E-state index contributed by atoms with van der Waals surface area (Å²) in [5.74, 6) is 1.15. The molecule has 5 rings (SSSR count). The molecule has 0 amide bonds. The second kappa shape index (κ2) is 11.4. The summed E-state index contributed by atoms with van der Waals surface area (Å²) in [6, 6.07) is 24.6. The number of benzene rings is 3. The maximum absolute atomic E-state index is 12.4. The van der Waals surface area contributed by atoms with E-state index in [2.05, 4.69) is 9.97 Å².